The minimum Gasteiger partial charge on any atom is -0.497 e. The molecule has 0 heterocycles. The smallest absolute Gasteiger partial charge is 0.410 e. The number of likely N-dealkylation sites (N-methyl/N-ethyl adjacent to an activating group) is 2. The SMILES string of the molecule is C=C(/C=C\CC(OC(=O)N(C)CCN(C)C(=O)O)S(C)(=O)=O)OC. The molecule has 1 atom stereocenters. The summed E-state index contributed by atoms with van der Waals surface area (Å²) in [5, 5.41) is 8.73. The zero-order valence-corrected chi connectivity index (χ0v) is 15.1. The largest absolute Gasteiger partial charge is 0.497 e. The van der Waals surface area contributed by atoms with E-state index in [2.05, 4.69) is 6.58 Å². The van der Waals surface area contributed by atoms with E-state index in [0.29, 0.717) is 5.76 Å². The molecule has 0 bridgehead atoms. The Kier molecular flexibility index (Phi) is 8.90. The molecule has 0 saturated carbocycles. The van der Waals surface area contributed by atoms with E-state index in [9.17, 15) is 18.0 Å². The highest BCUT2D eigenvalue weighted by Gasteiger charge is 2.25. The first kappa shape index (κ1) is 21.8. The maximum absolute atomic E-state index is 11.9. The van der Waals surface area contributed by atoms with Gasteiger partial charge in [-0.15, -0.1) is 0 Å². The predicted molar refractivity (Wildman–Crippen MR) is 88.3 cm³/mol. The molecule has 0 radical (unpaired) electrons. The molecule has 138 valence electrons. The average Bonchev–Trinajstić information content (AvgIpc) is 2.49. The highest BCUT2D eigenvalue weighted by Crippen LogP contribution is 2.11. The molecule has 10 heteroatoms. The third-order valence-electron chi connectivity index (χ3n) is 3.01. The van der Waals surface area contributed by atoms with E-state index in [1.54, 1.807) is 0 Å². The van der Waals surface area contributed by atoms with Gasteiger partial charge in [-0.3, -0.25) is 0 Å². The van der Waals surface area contributed by atoms with Gasteiger partial charge in [0.2, 0.25) is 5.44 Å². The highest BCUT2D eigenvalue weighted by molar-refractivity contribution is 7.91. The van der Waals surface area contributed by atoms with Gasteiger partial charge in [-0.05, 0) is 6.08 Å². The first-order valence-corrected chi connectivity index (χ1v) is 8.88. The molecule has 0 rings (SSSR count). The van der Waals surface area contributed by atoms with Crippen molar-refractivity contribution in [3.63, 3.8) is 0 Å². The average molecular weight is 364 g/mol. The van der Waals surface area contributed by atoms with Gasteiger partial charge in [0.15, 0.2) is 9.84 Å². The van der Waals surface area contributed by atoms with Crippen LogP contribution in [0.1, 0.15) is 6.42 Å². The first-order chi connectivity index (χ1) is 11.0. The lowest BCUT2D eigenvalue weighted by Crippen LogP contribution is -2.39. The van der Waals surface area contributed by atoms with Gasteiger partial charge in [-0.25, -0.2) is 18.0 Å². The zero-order chi connectivity index (χ0) is 18.9. The molecule has 0 saturated heterocycles. The molecule has 1 unspecified atom stereocenters. The second kappa shape index (κ2) is 9.81. The molecular formula is C14H24N2O7S. The number of allylic oxidation sites excluding steroid dienone is 1. The summed E-state index contributed by atoms with van der Waals surface area (Å²) in [6.07, 6.45) is 1.86. The Labute approximate surface area is 142 Å². The fourth-order valence-electron chi connectivity index (χ4n) is 1.38. The van der Waals surface area contributed by atoms with Crippen molar-refractivity contribution in [3.8, 4) is 0 Å². The third-order valence-corrected chi connectivity index (χ3v) is 4.26. The Morgan fingerprint density at radius 2 is 1.79 bits per heavy atom. The third kappa shape index (κ3) is 8.42. The van der Waals surface area contributed by atoms with Crippen LogP contribution in [0.15, 0.2) is 24.5 Å². The van der Waals surface area contributed by atoms with E-state index in [1.807, 2.05) is 0 Å². The van der Waals surface area contributed by atoms with Crippen LogP contribution >= 0.6 is 0 Å². The summed E-state index contributed by atoms with van der Waals surface area (Å²) >= 11 is 0. The maximum Gasteiger partial charge on any atom is 0.410 e. The van der Waals surface area contributed by atoms with Crippen LogP contribution in [-0.4, -0.2) is 81.5 Å². The van der Waals surface area contributed by atoms with Crippen LogP contribution in [0.2, 0.25) is 0 Å². The summed E-state index contributed by atoms with van der Waals surface area (Å²) in [6, 6.07) is 0. The molecule has 0 aromatic carbocycles. The minimum atomic E-state index is -3.64. The van der Waals surface area contributed by atoms with Gasteiger partial charge in [0.05, 0.1) is 7.11 Å². The van der Waals surface area contributed by atoms with E-state index in [4.69, 9.17) is 14.6 Å². The summed E-state index contributed by atoms with van der Waals surface area (Å²) in [7, 11) is 0.526. The van der Waals surface area contributed by atoms with E-state index >= 15 is 0 Å². The van der Waals surface area contributed by atoms with Crippen LogP contribution < -0.4 is 0 Å². The maximum atomic E-state index is 11.9. The number of amides is 2. The number of rotatable bonds is 9. The van der Waals surface area contributed by atoms with E-state index in [0.717, 1.165) is 16.1 Å². The van der Waals surface area contributed by atoms with Crippen LogP contribution in [0, 0.1) is 0 Å². The van der Waals surface area contributed by atoms with Crippen molar-refractivity contribution in [1.82, 2.24) is 9.80 Å². The Balaban J connectivity index is 4.73. The molecule has 1 N–H and O–H groups in total. The van der Waals surface area contributed by atoms with E-state index in [-0.39, 0.29) is 19.5 Å². The number of carbonyl (C=O) groups excluding carboxylic acids is 1. The van der Waals surface area contributed by atoms with Gasteiger partial charge in [-0.2, -0.15) is 0 Å². The fourth-order valence-corrected chi connectivity index (χ4v) is 2.10. The van der Waals surface area contributed by atoms with Crippen molar-refractivity contribution in [2.45, 2.75) is 11.9 Å². The molecule has 0 aromatic heterocycles. The second-order valence-corrected chi connectivity index (χ2v) is 7.26. The summed E-state index contributed by atoms with van der Waals surface area (Å²) in [6.45, 7) is 3.68. The van der Waals surface area contributed by atoms with Crippen molar-refractivity contribution in [3.05, 3.63) is 24.5 Å². The Morgan fingerprint density at radius 1 is 1.25 bits per heavy atom. The van der Waals surface area contributed by atoms with Gasteiger partial charge < -0.3 is 24.4 Å². The van der Waals surface area contributed by atoms with Crippen molar-refractivity contribution in [2.24, 2.45) is 0 Å². The van der Waals surface area contributed by atoms with Crippen LogP contribution in [0.3, 0.4) is 0 Å². The van der Waals surface area contributed by atoms with Gasteiger partial charge >= 0.3 is 12.2 Å². The highest BCUT2D eigenvalue weighted by atomic mass is 32.2. The summed E-state index contributed by atoms with van der Waals surface area (Å²) in [4.78, 5) is 24.7. The Morgan fingerprint density at radius 3 is 2.25 bits per heavy atom. The van der Waals surface area contributed by atoms with Crippen molar-refractivity contribution in [1.29, 1.82) is 0 Å². The number of carbonyl (C=O) groups is 2. The molecule has 0 fully saturated rings. The lowest BCUT2D eigenvalue weighted by atomic mass is 10.3. The molecule has 0 aliphatic carbocycles. The molecule has 0 spiro atoms. The van der Waals surface area contributed by atoms with Gasteiger partial charge in [0.1, 0.15) is 5.76 Å². The number of carboxylic acid groups (broad SMARTS) is 1. The monoisotopic (exact) mass is 364 g/mol. The molecule has 9 nitrogen and oxygen atoms in total. The number of hydrogen-bond donors (Lipinski definition) is 1. The van der Waals surface area contributed by atoms with Crippen molar-refractivity contribution in [2.75, 3.05) is 40.6 Å². The molecule has 0 aliphatic rings. The number of ether oxygens (including phenoxy) is 2. The quantitative estimate of drug-likeness (QED) is 0.482. The van der Waals surface area contributed by atoms with Gasteiger partial charge in [0.25, 0.3) is 0 Å². The van der Waals surface area contributed by atoms with Crippen LogP contribution in [0.4, 0.5) is 9.59 Å². The molecule has 2 amide bonds. The molecule has 0 aromatic rings. The number of nitrogens with zero attached hydrogens (tertiary/aromatic N) is 2. The molecule has 0 aliphatic heterocycles. The lowest BCUT2D eigenvalue weighted by molar-refractivity contribution is 0.0944. The van der Waals surface area contributed by atoms with Gasteiger partial charge in [-0.1, -0.05) is 12.7 Å². The number of hydrogen-bond acceptors (Lipinski definition) is 6. The summed E-state index contributed by atoms with van der Waals surface area (Å²) in [5.74, 6) is 0.336. The summed E-state index contributed by atoms with van der Waals surface area (Å²) in [5.41, 5.74) is -1.36. The molecular weight excluding hydrogens is 340 g/mol. The standard InChI is InChI=1S/C14H24N2O7S/c1-11(22-4)7-6-8-12(24(5,20)21)23-14(19)16(3)10-9-15(2)13(17)18/h6-7,12H,1,8-10H2,2-5H3,(H,17,18)/b7-6-. The van der Waals surface area contributed by atoms with Crippen LogP contribution in [0.5, 0.6) is 0 Å². The predicted octanol–water partition coefficient (Wildman–Crippen LogP) is 1.14. The molecule has 24 heavy (non-hydrogen) atoms. The number of methoxy groups -OCH3 is 1. The normalized spacial score (nSPS) is 12.5. The fraction of sp³-hybridized carbons (Fsp3) is 0.571. The minimum absolute atomic E-state index is 0.0597. The van der Waals surface area contributed by atoms with E-state index in [1.165, 1.54) is 33.4 Å². The second-order valence-electron chi connectivity index (χ2n) is 5.08. The van der Waals surface area contributed by atoms with Crippen LogP contribution in [0.25, 0.3) is 0 Å². The van der Waals surface area contributed by atoms with Crippen LogP contribution in [-0.2, 0) is 19.3 Å². The Bertz CT molecular complexity index is 586. The Hall–Kier alpha value is -2.23. The first-order valence-electron chi connectivity index (χ1n) is 6.93. The number of sulfone groups is 1. The zero-order valence-electron chi connectivity index (χ0n) is 14.3. The van der Waals surface area contributed by atoms with Crippen molar-refractivity contribution >= 4 is 22.0 Å². The topological polar surface area (TPSA) is 113 Å². The van der Waals surface area contributed by atoms with Crippen molar-refractivity contribution < 1.29 is 32.6 Å². The van der Waals surface area contributed by atoms with Gasteiger partial charge in [0, 0.05) is 39.9 Å². The van der Waals surface area contributed by atoms with E-state index < -0.39 is 27.5 Å². The lowest BCUT2D eigenvalue weighted by Gasteiger charge is -2.22. The summed E-state index contributed by atoms with van der Waals surface area (Å²) < 4.78 is 33.2.